The Morgan fingerprint density at radius 1 is 1.59 bits per heavy atom. The third-order valence-corrected chi connectivity index (χ3v) is 2.78. The van der Waals surface area contributed by atoms with E-state index in [0.29, 0.717) is 12.5 Å². The molecule has 92 valence electrons. The summed E-state index contributed by atoms with van der Waals surface area (Å²) in [6.45, 7) is 2.49. The van der Waals surface area contributed by atoms with Crippen LogP contribution in [0.5, 0.6) is 0 Å². The molecule has 0 aromatic carbocycles. The second-order valence-corrected chi connectivity index (χ2v) is 4.15. The van der Waals surface area contributed by atoms with Gasteiger partial charge in [0.05, 0.1) is 18.3 Å². The van der Waals surface area contributed by atoms with Gasteiger partial charge in [-0.2, -0.15) is 5.10 Å². The molecule has 0 amide bonds. The number of aromatic nitrogens is 3. The van der Waals surface area contributed by atoms with Crippen LogP contribution in [0.15, 0.2) is 18.5 Å². The Hall–Kier alpha value is -1.33. The fraction of sp³-hybridized carbons (Fsp3) is 0.455. The lowest BCUT2D eigenvalue weighted by Gasteiger charge is -2.15. The number of aryl methyl sites for hydroxylation is 1. The van der Waals surface area contributed by atoms with Gasteiger partial charge in [0, 0.05) is 25.4 Å². The van der Waals surface area contributed by atoms with Crippen molar-refractivity contribution in [1.29, 1.82) is 0 Å². The van der Waals surface area contributed by atoms with Crippen LogP contribution < -0.4 is 5.32 Å². The van der Waals surface area contributed by atoms with Gasteiger partial charge < -0.3 is 10.1 Å². The number of hydrogen-bond acceptors (Lipinski definition) is 4. The molecule has 2 aromatic rings. The number of alkyl halides is 1. The Kier molecular flexibility index (Phi) is 3.81. The average molecular weight is 255 g/mol. The van der Waals surface area contributed by atoms with E-state index in [0.717, 1.165) is 17.0 Å². The highest BCUT2D eigenvalue weighted by atomic mass is 35.5. The molecule has 1 N–H and O–H groups in total. The van der Waals surface area contributed by atoms with Gasteiger partial charge in [-0.1, -0.05) is 0 Å². The van der Waals surface area contributed by atoms with Crippen molar-refractivity contribution in [1.82, 2.24) is 14.6 Å². The lowest BCUT2D eigenvalue weighted by molar-refractivity contribution is 0.191. The normalized spacial score (nSPS) is 12.9. The van der Waals surface area contributed by atoms with Gasteiger partial charge in [0.25, 0.3) is 0 Å². The van der Waals surface area contributed by atoms with Crippen molar-refractivity contribution >= 4 is 22.9 Å². The lowest BCUT2D eigenvalue weighted by Crippen LogP contribution is -2.27. The molecule has 5 nitrogen and oxygen atoms in total. The molecule has 0 aliphatic rings. The minimum atomic E-state index is 0.0376. The molecule has 2 heterocycles. The van der Waals surface area contributed by atoms with Crippen molar-refractivity contribution < 1.29 is 4.74 Å². The molecule has 17 heavy (non-hydrogen) atoms. The monoisotopic (exact) mass is 254 g/mol. The zero-order valence-electron chi connectivity index (χ0n) is 9.85. The van der Waals surface area contributed by atoms with Gasteiger partial charge in [-0.3, -0.25) is 0 Å². The second-order valence-electron chi connectivity index (χ2n) is 3.84. The number of nitrogens with zero attached hydrogens (tertiary/aromatic N) is 3. The minimum absolute atomic E-state index is 0.0376. The summed E-state index contributed by atoms with van der Waals surface area (Å²) in [5.41, 5.74) is 1.89. The standard InChI is InChI=1S/C11H15ClN4O/c1-8-5-10-11(13-3-4-16(10)15-8)14-9(6-12)7-17-2/h3-5,9H,6-7H2,1-2H3,(H,13,14). The number of halogens is 1. The van der Waals surface area contributed by atoms with E-state index in [1.165, 1.54) is 0 Å². The molecule has 0 spiro atoms. The molecular formula is C11H15ClN4O. The number of nitrogens with one attached hydrogen (secondary N) is 1. The Bertz CT molecular complexity index is 499. The predicted octanol–water partition coefficient (Wildman–Crippen LogP) is 1.70. The van der Waals surface area contributed by atoms with Crippen LogP contribution in [0.25, 0.3) is 5.52 Å². The first-order valence-electron chi connectivity index (χ1n) is 5.37. The zero-order chi connectivity index (χ0) is 12.3. The number of methoxy groups -OCH3 is 1. The summed E-state index contributed by atoms with van der Waals surface area (Å²) in [6, 6.07) is 2.02. The fourth-order valence-electron chi connectivity index (χ4n) is 1.67. The SMILES string of the molecule is COCC(CCl)Nc1nccn2nc(C)cc12. The van der Waals surface area contributed by atoms with E-state index in [1.54, 1.807) is 17.8 Å². The average Bonchev–Trinajstić information content (AvgIpc) is 2.70. The van der Waals surface area contributed by atoms with Crippen molar-refractivity contribution in [3.05, 3.63) is 24.2 Å². The smallest absolute Gasteiger partial charge is 0.152 e. The third-order valence-electron chi connectivity index (χ3n) is 2.41. The molecule has 1 atom stereocenters. The second kappa shape index (κ2) is 5.33. The Morgan fingerprint density at radius 2 is 2.41 bits per heavy atom. The number of ether oxygens (including phenoxy) is 1. The van der Waals surface area contributed by atoms with Crippen molar-refractivity contribution in [2.24, 2.45) is 0 Å². The topological polar surface area (TPSA) is 51.5 Å². The van der Waals surface area contributed by atoms with Crippen LogP contribution in [0, 0.1) is 6.92 Å². The number of anilines is 1. The van der Waals surface area contributed by atoms with E-state index >= 15 is 0 Å². The van der Waals surface area contributed by atoms with Gasteiger partial charge >= 0.3 is 0 Å². The van der Waals surface area contributed by atoms with Gasteiger partial charge in [-0.15, -0.1) is 11.6 Å². The molecule has 0 saturated carbocycles. The molecule has 2 rings (SSSR count). The first-order valence-corrected chi connectivity index (χ1v) is 5.90. The van der Waals surface area contributed by atoms with Crippen LogP contribution in [0.3, 0.4) is 0 Å². The molecule has 0 fully saturated rings. The fourth-order valence-corrected chi connectivity index (χ4v) is 1.84. The van der Waals surface area contributed by atoms with E-state index in [9.17, 15) is 0 Å². The summed E-state index contributed by atoms with van der Waals surface area (Å²) in [5, 5.41) is 7.58. The van der Waals surface area contributed by atoms with Gasteiger partial charge in [-0.05, 0) is 13.0 Å². The zero-order valence-corrected chi connectivity index (χ0v) is 10.6. The first-order chi connectivity index (χ1) is 8.24. The van der Waals surface area contributed by atoms with E-state index in [2.05, 4.69) is 15.4 Å². The summed E-state index contributed by atoms with van der Waals surface area (Å²) in [7, 11) is 1.65. The predicted molar refractivity (Wildman–Crippen MR) is 67.7 cm³/mol. The van der Waals surface area contributed by atoms with E-state index in [-0.39, 0.29) is 6.04 Å². The van der Waals surface area contributed by atoms with Crippen molar-refractivity contribution in [2.45, 2.75) is 13.0 Å². The van der Waals surface area contributed by atoms with Crippen LogP contribution in [-0.4, -0.2) is 40.2 Å². The number of hydrogen-bond donors (Lipinski definition) is 1. The van der Waals surface area contributed by atoms with E-state index in [4.69, 9.17) is 16.3 Å². The molecule has 0 saturated heterocycles. The van der Waals surface area contributed by atoms with Crippen LogP contribution in [-0.2, 0) is 4.74 Å². The highest BCUT2D eigenvalue weighted by Crippen LogP contribution is 2.15. The van der Waals surface area contributed by atoms with Crippen molar-refractivity contribution in [3.8, 4) is 0 Å². The Morgan fingerprint density at radius 3 is 3.12 bits per heavy atom. The maximum absolute atomic E-state index is 5.86. The lowest BCUT2D eigenvalue weighted by atomic mass is 10.3. The Balaban J connectivity index is 2.28. The molecule has 0 aliphatic carbocycles. The molecule has 2 aromatic heterocycles. The first kappa shape index (κ1) is 12.1. The van der Waals surface area contributed by atoms with Gasteiger partial charge in [0.15, 0.2) is 5.82 Å². The van der Waals surface area contributed by atoms with Crippen LogP contribution >= 0.6 is 11.6 Å². The van der Waals surface area contributed by atoms with Crippen LogP contribution in [0.1, 0.15) is 5.69 Å². The van der Waals surface area contributed by atoms with Gasteiger partial charge in [0.1, 0.15) is 5.52 Å². The maximum Gasteiger partial charge on any atom is 0.152 e. The number of rotatable bonds is 5. The Labute approximate surface area is 105 Å². The van der Waals surface area contributed by atoms with Crippen LogP contribution in [0.4, 0.5) is 5.82 Å². The molecule has 0 radical (unpaired) electrons. The summed E-state index contributed by atoms with van der Waals surface area (Å²) >= 11 is 5.86. The summed E-state index contributed by atoms with van der Waals surface area (Å²) in [4.78, 5) is 4.30. The molecule has 6 heteroatoms. The van der Waals surface area contributed by atoms with Gasteiger partial charge in [-0.25, -0.2) is 9.50 Å². The van der Waals surface area contributed by atoms with E-state index in [1.807, 2.05) is 19.2 Å². The minimum Gasteiger partial charge on any atom is -0.383 e. The summed E-state index contributed by atoms with van der Waals surface area (Å²) in [5.74, 6) is 1.24. The van der Waals surface area contributed by atoms with Gasteiger partial charge in [0.2, 0.25) is 0 Å². The van der Waals surface area contributed by atoms with E-state index < -0.39 is 0 Å². The van der Waals surface area contributed by atoms with Crippen LogP contribution in [0.2, 0.25) is 0 Å². The third kappa shape index (κ3) is 2.68. The maximum atomic E-state index is 5.86. The molecule has 0 aliphatic heterocycles. The van der Waals surface area contributed by atoms with Crippen molar-refractivity contribution in [2.75, 3.05) is 24.9 Å². The highest BCUT2D eigenvalue weighted by Gasteiger charge is 2.11. The summed E-state index contributed by atoms with van der Waals surface area (Å²) < 4.78 is 6.88. The summed E-state index contributed by atoms with van der Waals surface area (Å²) in [6.07, 6.45) is 3.53. The molecular weight excluding hydrogens is 240 g/mol. The molecule has 1 unspecified atom stereocenters. The number of fused-ring (bicyclic) bond motifs is 1. The molecule has 0 bridgehead atoms. The highest BCUT2D eigenvalue weighted by molar-refractivity contribution is 6.18. The van der Waals surface area contributed by atoms with Crippen molar-refractivity contribution in [3.63, 3.8) is 0 Å². The quantitative estimate of drug-likeness (QED) is 0.826. The largest absolute Gasteiger partial charge is 0.383 e.